The molecule has 1 aromatic carbocycles. The van der Waals surface area contributed by atoms with E-state index >= 15 is 0 Å². The molecule has 1 spiro atoms. The van der Waals surface area contributed by atoms with Gasteiger partial charge in [0, 0.05) is 0 Å². The van der Waals surface area contributed by atoms with E-state index in [1.54, 1.807) is 0 Å². The van der Waals surface area contributed by atoms with E-state index in [2.05, 4.69) is 12.2 Å². The summed E-state index contributed by atoms with van der Waals surface area (Å²) in [6.45, 7) is 4.45. The first kappa shape index (κ1) is 14.1. The molecule has 4 nitrogen and oxygen atoms in total. The molecule has 112 valence electrons. The lowest BCUT2D eigenvalue weighted by Gasteiger charge is -2.36. The van der Waals surface area contributed by atoms with Crippen LogP contribution in [0.1, 0.15) is 43.7 Å². The van der Waals surface area contributed by atoms with Crippen molar-refractivity contribution < 1.29 is 9.59 Å². The molecule has 3 amide bonds. The highest BCUT2D eigenvalue weighted by Crippen LogP contribution is 2.38. The average Bonchev–Trinajstić information content (AvgIpc) is 2.70. The molecule has 1 saturated carbocycles. The minimum atomic E-state index is -0.655. The maximum atomic E-state index is 12.9. The molecule has 2 fully saturated rings. The lowest BCUT2D eigenvalue weighted by atomic mass is 9.73. The Labute approximate surface area is 125 Å². The van der Waals surface area contributed by atoms with E-state index in [0.29, 0.717) is 6.54 Å². The van der Waals surface area contributed by atoms with Gasteiger partial charge in [-0.1, -0.05) is 44.0 Å². The first-order valence-corrected chi connectivity index (χ1v) is 7.73. The number of nitrogens with zero attached hydrogens (tertiary/aromatic N) is 1. The number of urea groups is 1. The first-order valence-electron chi connectivity index (χ1n) is 7.73. The van der Waals surface area contributed by atoms with Crippen LogP contribution in [0.5, 0.6) is 0 Å². The zero-order valence-electron chi connectivity index (χ0n) is 12.7. The van der Waals surface area contributed by atoms with Crippen molar-refractivity contribution in [1.82, 2.24) is 10.2 Å². The van der Waals surface area contributed by atoms with Crippen LogP contribution in [0.3, 0.4) is 0 Å². The largest absolute Gasteiger partial charge is 0.325 e. The molecule has 1 saturated heterocycles. The monoisotopic (exact) mass is 286 g/mol. The van der Waals surface area contributed by atoms with Crippen molar-refractivity contribution in [2.24, 2.45) is 5.92 Å². The molecule has 0 radical (unpaired) electrons. The average molecular weight is 286 g/mol. The highest BCUT2D eigenvalue weighted by atomic mass is 16.2. The number of aryl methyl sites for hydroxylation is 1. The number of carbonyl (C=O) groups excluding carboxylic acids is 2. The molecule has 2 aliphatic rings. The standard InChI is InChI=1S/C17H22N2O2/c1-12-7-3-4-9-14(12)11-19-15(20)17(18-16(19)21)10-6-5-8-13(17)2/h3-4,7,9,13H,5-6,8,10-11H2,1-2H3,(H,18,21)/t13-,17+/m0/s1. The second-order valence-electron chi connectivity index (χ2n) is 6.37. The van der Waals surface area contributed by atoms with Gasteiger partial charge in [0.1, 0.15) is 5.54 Å². The van der Waals surface area contributed by atoms with Crippen LogP contribution in [0.25, 0.3) is 0 Å². The van der Waals surface area contributed by atoms with Gasteiger partial charge in [0.25, 0.3) is 5.91 Å². The lowest BCUT2D eigenvalue weighted by Crippen LogP contribution is -2.53. The minimum Gasteiger partial charge on any atom is -0.323 e. The molecular formula is C17H22N2O2. The number of amides is 3. The van der Waals surface area contributed by atoms with Gasteiger partial charge in [-0.05, 0) is 36.8 Å². The number of rotatable bonds is 2. The third kappa shape index (κ3) is 2.23. The van der Waals surface area contributed by atoms with Gasteiger partial charge in [0.2, 0.25) is 0 Å². The molecule has 0 aromatic heterocycles. The summed E-state index contributed by atoms with van der Waals surface area (Å²) in [5.74, 6) is 0.174. The molecule has 2 atom stereocenters. The summed E-state index contributed by atoms with van der Waals surface area (Å²) in [5, 5.41) is 3.00. The topological polar surface area (TPSA) is 49.4 Å². The summed E-state index contributed by atoms with van der Waals surface area (Å²) in [7, 11) is 0. The predicted octanol–water partition coefficient (Wildman–Crippen LogP) is 3.00. The van der Waals surface area contributed by atoms with Gasteiger partial charge >= 0.3 is 6.03 Å². The second kappa shape index (κ2) is 5.17. The van der Waals surface area contributed by atoms with Crippen LogP contribution in [0.2, 0.25) is 0 Å². The molecule has 21 heavy (non-hydrogen) atoms. The van der Waals surface area contributed by atoms with E-state index < -0.39 is 5.54 Å². The van der Waals surface area contributed by atoms with E-state index in [-0.39, 0.29) is 17.9 Å². The van der Waals surface area contributed by atoms with E-state index in [1.165, 1.54) is 4.90 Å². The molecule has 1 aliphatic carbocycles. The van der Waals surface area contributed by atoms with E-state index in [1.807, 2.05) is 31.2 Å². The van der Waals surface area contributed by atoms with Gasteiger partial charge in [-0.25, -0.2) is 4.79 Å². The predicted molar refractivity (Wildman–Crippen MR) is 80.6 cm³/mol. The number of carbonyl (C=O) groups is 2. The van der Waals surface area contributed by atoms with Gasteiger partial charge in [0.15, 0.2) is 0 Å². The van der Waals surface area contributed by atoms with Crippen molar-refractivity contribution in [2.45, 2.75) is 51.6 Å². The first-order chi connectivity index (χ1) is 10.0. The number of nitrogens with one attached hydrogen (secondary N) is 1. The van der Waals surface area contributed by atoms with Crippen LogP contribution in [0, 0.1) is 12.8 Å². The number of imide groups is 1. The molecule has 0 unspecified atom stereocenters. The fourth-order valence-electron chi connectivity index (χ4n) is 3.60. The Hall–Kier alpha value is -1.84. The number of hydrogen-bond donors (Lipinski definition) is 1. The molecule has 1 aliphatic heterocycles. The summed E-state index contributed by atoms with van der Waals surface area (Å²) in [5.41, 5.74) is 1.48. The van der Waals surface area contributed by atoms with Crippen molar-refractivity contribution >= 4 is 11.9 Å². The summed E-state index contributed by atoms with van der Waals surface area (Å²) < 4.78 is 0. The third-order valence-electron chi connectivity index (χ3n) is 5.09. The van der Waals surface area contributed by atoms with Gasteiger partial charge in [0.05, 0.1) is 6.54 Å². The highest BCUT2D eigenvalue weighted by molar-refractivity contribution is 6.07. The maximum Gasteiger partial charge on any atom is 0.325 e. The van der Waals surface area contributed by atoms with Gasteiger partial charge in [-0.3, -0.25) is 9.69 Å². The molecule has 0 bridgehead atoms. The molecule has 4 heteroatoms. The van der Waals surface area contributed by atoms with E-state index in [9.17, 15) is 9.59 Å². The maximum absolute atomic E-state index is 12.9. The number of hydrogen-bond acceptors (Lipinski definition) is 2. The van der Waals surface area contributed by atoms with E-state index in [0.717, 1.165) is 36.8 Å². The van der Waals surface area contributed by atoms with Gasteiger partial charge in [-0.2, -0.15) is 0 Å². The Morgan fingerprint density at radius 2 is 2.05 bits per heavy atom. The van der Waals surface area contributed by atoms with Gasteiger partial charge in [-0.15, -0.1) is 0 Å². The SMILES string of the molecule is Cc1ccccc1CN1C(=O)N[C@@]2(CCCC[C@@H]2C)C1=O. The van der Waals surface area contributed by atoms with Crippen LogP contribution in [0.4, 0.5) is 4.79 Å². The molecule has 3 rings (SSSR count). The van der Waals surface area contributed by atoms with Crippen molar-refractivity contribution in [1.29, 1.82) is 0 Å². The molecule has 1 N–H and O–H groups in total. The van der Waals surface area contributed by atoms with Crippen molar-refractivity contribution in [3.05, 3.63) is 35.4 Å². The Morgan fingerprint density at radius 1 is 1.29 bits per heavy atom. The fourth-order valence-corrected chi connectivity index (χ4v) is 3.60. The highest BCUT2D eigenvalue weighted by Gasteiger charge is 2.54. The summed E-state index contributed by atoms with van der Waals surface area (Å²) >= 11 is 0. The number of benzene rings is 1. The van der Waals surface area contributed by atoms with Crippen LogP contribution in [-0.2, 0) is 11.3 Å². The van der Waals surface area contributed by atoms with Crippen LogP contribution < -0.4 is 5.32 Å². The third-order valence-corrected chi connectivity index (χ3v) is 5.09. The van der Waals surface area contributed by atoms with Crippen LogP contribution >= 0.6 is 0 Å². The zero-order chi connectivity index (χ0) is 15.0. The van der Waals surface area contributed by atoms with Crippen molar-refractivity contribution in [3.8, 4) is 0 Å². The Bertz CT molecular complexity index is 584. The minimum absolute atomic E-state index is 0.0389. The fraction of sp³-hybridized carbons (Fsp3) is 0.529. The Kier molecular flexibility index (Phi) is 3.47. The second-order valence-corrected chi connectivity index (χ2v) is 6.37. The lowest BCUT2D eigenvalue weighted by molar-refractivity contribution is -0.134. The smallest absolute Gasteiger partial charge is 0.323 e. The summed E-state index contributed by atoms with van der Waals surface area (Å²) in [6.07, 6.45) is 3.92. The van der Waals surface area contributed by atoms with Crippen molar-refractivity contribution in [3.63, 3.8) is 0 Å². The Morgan fingerprint density at radius 3 is 2.76 bits per heavy atom. The molecule has 1 aromatic rings. The molecular weight excluding hydrogens is 264 g/mol. The van der Waals surface area contributed by atoms with Crippen molar-refractivity contribution in [2.75, 3.05) is 0 Å². The van der Waals surface area contributed by atoms with Crippen LogP contribution in [0.15, 0.2) is 24.3 Å². The zero-order valence-corrected chi connectivity index (χ0v) is 12.7. The van der Waals surface area contributed by atoms with E-state index in [4.69, 9.17) is 0 Å². The normalized spacial score (nSPS) is 29.0. The quantitative estimate of drug-likeness (QED) is 0.850. The summed E-state index contributed by atoms with van der Waals surface area (Å²) in [4.78, 5) is 26.6. The van der Waals surface area contributed by atoms with Gasteiger partial charge < -0.3 is 5.32 Å². The summed E-state index contributed by atoms with van der Waals surface area (Å²) in [6, 6.07) is 7.66. The Balaban J connectivity index is 1.86. The molecule has 1 heterocycles. The van der Waals surface area contributed by atoms with Crippen LogP contribution in [-0.4, -0.2) is 22.4 Å².